The Kier molecular flexibility index (Phi) is 6.21. The zero-order valence-electron chi connectivity index (χ0n) is 14.7. The van der Waals surface area contributed by atoms with Gasteiger partial charge in [-0.3, -0.25) is 4.79 Å². The van der Waals surface area contributed by atoms with Gasteiger partial charge in [0.05, 0.1) is 6.42 Å². The number of hydrogen-bond donors (Lipinski definition) is 1. The van der Waals surface area contributed by atoms with Crippen LogP contribution in [-0.2, 0) is 9.53 Å². The van der Waals surface area contributed by atoms with Gasteiger partial charge in [0, 0.05) is 11.2 Å². The first-order valence-corrected chi connectivity index (χ1v) is 7.76. The number of nitrogens with one attached hydrogen (secondary N) is 1. The Labute approximate surface area is 134 Å². The summed E-state index contributed by atoms with van der Waals surface area (Å²) in [6.45, 7) is 12.8. The summed E-state index contributed by atoms with van der Waals surface area (Å²) in [4.78, 5) is 11.6. The summed E-state index contributed by atoms with van der Waals surface area (Å²) in [5.74, 6) is -0.151. The maximum atomic E-state index is 11.6. The van der Waals surface area contributed by atoms with Crippen molar-refractivity contribution >= 4 is 17.7 Å². The normalized spacial score (nSPS) is 12.5. The van der Waals surface area contributed by atoms with Gasteiger partial charge in [0.2, 0.25) is 0 Å². The van der Waals surface area contributed by atoms with Crippen LogP contribution in [0.4, 0.5) is 5.69 Å². The van der Waals surface area contributed by atoms with Crippen molar-refractivity contribution in [2.24, 2.45) is 5.41 Å². The molecular formula is C19H29NO2. The van der Waals surface area contributed by atoms with Gasteiger partial charge < -0.3 is 10.1 Å². The van der Waals surface area contributed by atoms with Gasteiger partial charge in [-0.15, -0.1) is 0 Å². The first-order chi connectivity index (χ1) is 10.1. The fourth-order valence-corrected chi connectivity index (χ4v) is 1.92. The highest BCUT2D eigenvalue weighted by Gasteiger charge is 2.16. The van der Waals surface area contributed by atoms with Gasteiger partial charge in [-0.25, -0.2) is 0 Å². The third kappa shape index (κ3) is 8.50. The quantitative estimate of drug-likeness (QED) is 0.787. The highest BCUT2D eigenvalue weighted by Crippen LogP contribution is 2.19. The Morgan fingerprint density at radius 1 is 1.09 bits per heavy atom. The van der Waals surface area contributed by atoms with E-state index in [9.17, 15) is 4.79 Å². The van der Waals surface area contributed by atoms with Crippen LogP contribution in [-0.4, -0.2) is 18.1 Å². The van der Waals surface area contributed by atoms with Crippen LogP contribution in [0.25, 0.3) is 6.08 Å². The minimum absolute atomic E-state index is 0.0311. The average Bonchev–Trinajstić information content (AvgIpc) is 2.32. The maximum absolute atomic E-state index is 11.6. The molecule has 0 amide bonds. The predicted octanol–water partition coefficient (Wildman–Crippen LogP) is 4.89. The van der Waals surface area contributed by atoms with Crippen LogP contribution in [0.1, 0.15) is 53.5 Å². The SMILES string of the molecule is CC(C)(C)CC(=O)OC/C=C/c1ccc(NC(C)(C)C)cc1. The largest absolute Gasteiger partial charge is 0.461 e. The van der Waals surface area contributed by atoms with Gasteiger partial charge in [0.25, 0.3) is 0 Å². The molecule has 0 atom stereocenters. The number of anilines is 1. The molecule has 1 aromatic carbocycles. The molecule has 0 aliphatic heterocycles. The van der Waals surface area contributed by atoms with Gasteiger partial charge >= 0.3 is 5.97 Å². The molecule has 3 heteroatoms. The molecule has 0 bridgehead atoms. The van der Waals surface area contributed by atoms with Crippen LogP contribution in [0.5, 0.6) is 0 Å². The zero-order valence-corrected chi connectivity index (χ0v) is 14.7. The Hall–Kier alpha value is -1.77. The molecule has 1 aromatic rings. The number of rotatable bonds is 5. The van der Waals surface area contributed by atoms with Crippen molar-refractivity contribution in [3.05, 3.63) is 35.9 Å². The second-order valence-corrected chi connectivity index (χ2v) is 7.82. The number of benzene rings is 1. The van der Waals surface area contributed by atoms with Crippen LogP contribution in [0.3, 0.4) is 0 Å². The Morgan fingerprint density at radius 3 is 2.18 bits per heavy atom. The van der Waals surface area contributed by atoms with E-state index >= 15 is 0 Å². The van der Waals surface area contributed by atoms with Crippen molar-refractivity contribution in [2.75, 3.05) is 11.9 Å². The van der Waals surface area contributed by atoms with Crippen molar-refractivity contribution < 1.29 is 9.53 Å². The molecule has 0 saturated carbocycles. The summed E-state index contributed by atoms with van der Waals surface area (Å²) >= 11 is 0. The van der Waals surface area contributed by atoms with E-state index in [0.29, 0.717) is 13.0 Å². The fraction of sp³-hybridized carbons (Fsp3) is 0.526. The molecule has 0 fully saturated rings. The third-order valence-corrected chi connectivity index (χ3v) is 2.76. The van der Waals surface area contributed by atoms with Crippen molar-refractivity contribution in [2.45, 2.75) is 53.5 Å². The minimum Gasteiger partial charge on any atom is -0.461 e. The Balaban J connectivity index is 2.42. The third-order valence-electron chi connectivity index (χ3n) is 2.76. The number of ether oxygens (including phenoxy) is 1. The van der Waals surface area contributed by atoms with Gasteiger partial charge in [0.1, 0.15) is 6.61 Å². The van der Waals surface area contributed by atoms with E-state index in [-0.39, 0.29) is 16.9 Å². The van der Waals surface area contributed by atoms with Crippen molar-refractivity contribution in [1.82, 2.24) is 0 Å². The number of carbonyl (C=O) groups is 1. The molecule has 0 aliphatic carbocycles. The van der Waals surface area contributed by atoms with Gasteiger partial charge in [-0.05, 0) is 50.0 Å². The number of esters is 1. The Morgan fingerprint density at radius 2 is 1.68 bits per heavy atom. The maximum Gasteiger partial charge on any atom is 0.306 e. The molecule has 3 nitrogen and oxygen atoms in total. The highest BCUT2D eigenvalue weighted by atomic mass is 16.5. The molecule has 1 rings (SSSR count). The van der Waals surface area contributed by atoms with E-state index in [2.05, 4.69) is 38.2 Å². The molecule has 1 N–H and O–H groups in total. The molecule has 122 valence electrons. The molecule has 0 spiro atoms. The molecule has 0 aromatic heterocycles. The second-order valence-electron chi connectivity index (χ2n) is 7.82. The number of hydrogen-bond acceptors (Lipinski definition) is 3. The molecular weight excluding hydrogens is 274 g/mol. The lowest BCUT2D eigenvalue weighted by molar-refractivity contribution is -0.144. The summed E-state index contributed by atoms with van der Waals surface area (Å²) in [6.07, 6.45) is 4.27. The fourth-order valence-electron chi connectivity index (χ4n) is 1.92. The van der Waals surface area contributed by atoms with Crippen molar-refractivity contribution in [3.63, 3.8) is 0 Å². The predicted molar refractivity (Wildman–Crippen MR) is 93.9 cm³/mol. The molecule has 0 aliphatic rings. The molecule has 0 radical (unpaired) electrons. The van der Waals surface area contributed by atoms with Crippen molar-refractivity contribution in [3.8, 4) is 0 Å². The highest BCUT2D eigenvalue weighted by molar-refractivity contribution is 5.70. The molecule has 0 heterocycles. The van der Waals surface area contributed by atoms with Crippen molar-refractivity contribution in [1.29, 1.82) is 0 Å². The van der Waals surface area contributed by atoms with Gasteiger partial charge in [0.15, 0.2) is 0 Å². The van der Waals surface area contributed by atoms with E-state index in [1.807, 2.05) is 45.1 Å². The lowest BCUT2D eigenvalue weighted by atomic mass is 9.92. The monoisotopic (exact) mass is 303 g/mol. The first kappa shape index (κ1) is 18.3. The summed E-state index contributed by atoms with van der Waals surface area (Å²) in [7, 11) is 0. The topological polar surface area (TPSA) is 38.3 Å². The van der Waals surface area contributed by atoms with Crippen LogP contribution < -0.4 is 5.32 Å². The van der Waals surface area contributed by atoms with Gasteiger partial charge in [-0.1, -0.05) is 39.0 Å². The summed E-state index contributed by atoms with van der Waals surface area (Å²) < 4.78 is 5.19. The van der Waals surface area contributed by atoms with E-state index in [0.717, 1.165) is 11.3 Å². The standard InChI is InChI=1S/C19H29NO2/c1-18(2,3)14-17(21)22-13-7-8-15-9-11-16(12-10-15)20-19(4,5)6/h7-12,20H,13-14H2,1-6H3/b8-7+. The van der Waals surface area contributed by atoms with E-state index in [4.69, 9.17) is 4.74 Å². The van der Waals surface area contributed by atoms with Crippen LogP contribution in [0, 0.1) is 5.41 Å². The average molecular weight is 303 g/mol. The zero-order chi connectivity index (χ0) is 16.8. The van der Waals surface area contributed by atoms with E-state index in [1.165, 1.54) is 0 Å². The van der Waals surface area contributed by atoms with Gasteiger partial charge in [-0.2, -0.15) is 0 Å². The minimum atomic E-state index is -0.151. The van der Waals surface area contributed by atoms with Crippen LogP contribution in [0.2, 0.25) is 0 Å². The van der Waals surface area contributed by atoms with E-state index < -0.39 is 0 Å². The first-order valence-electron chi connectivity index (χ1n) is 7.76. The number of carbonyl (C=O) groups excluding carboxylic acids is 1. The Bertz CT molecular complexity index is 502. The van der Waals surface area contributed by atoms with Crippen LogP contribution in [0.15, 0.2) is 30.3 Å². The summed E-state index contributed by atoms with van der Waals surface area (Å²) in [5.41, 5.74) is 2.21. The molecule has 0 saturated heterocycles. The lowest BCUT2D eigenvalue weighted by Gasteiger charge is -2.22. The molecule has 0 unspecified atom stereocenters. The lowest BCUT2D eigenvalue weighted by Crippen LogP contribution is -2.25. The molecule has 22 heavy (non-hydrogen) atoms. The summed E-state index contributed by atoms with van der Waals surface area (Å²) in [5, 5.41) is 3.42. The van der Waals surface area contributed by atoms with E-state index in [1.54, 1.807) is 0 Å². The smallest absolute Gasteiger partial charge is 0.306 e. The van der Waals surface area contributed by atoms with Crippen LogP contribution >= 0.6 is 0 Å². The second kappa shape index (κ2) is 7.48. The summed E-state index contributed by atoms with van der Waals surface area (Å²) in [6, 6.07) is 8.19.